The number of unbranched alkanes of at least 4 members (excludes halogenated alkanes) is 1. The molecule has 3 aromatic heterocycles. The van der Waals surface area contributed by atoms with Gasteiger partial charge in [-0.1, -0.05) is 29.2 Å². The first kappa shape index (κ1) is 34.5. The van der Waals surface area contributed by atoms with Crippen LogP contribution in [0.3, 0.4) is 0 Å². The zero-order chi connectivity index (χ0) is 34.0. The topological polar surface area (TPSA) is 137 Å². The average Bonchev–Trinajstić information content (AvgIpc) is 3.67. The lowest BCUT2D eigenvalue weighted by Crippen LogP contribution is -2.21. The van der Waals surface area contributed by atoms with E-state index in [1.807, 2.05) is 43.0 Å². The number of anilines is 4. The van der Waals surface area contributed by atoms with Crippen molar-refractivity contribution in [2.24, 2.45) is 0 Å². The van der Waals surface area contributed by atoms with Gasteiger partial charge in [0.25, 0.3) is 0 Å². The zero-order valence-corrected chi connectivity index (χ0v) is 28.3. The van der Waals surface area contributed by atoms with E-state index in [1.54, 1.807) is 18.2 Å². The van der Waals surface area contributed by atoms with Gasteiger partial charge in [-0.25, -0.2) is 19.2 Å². The number of hydrogen-bond acceptors (Lipinski definition) is 12. The van der Waals surface area contributed by atoms with Crippen molar-refractivity contribution < 1.29 is 24.1 Å². The van der Waals surface area contributed by atoms with Crippen LogP contribution in [0.5, 0.6) is 5.75 Å². The number of ether oxygens (including phenoxy) is 1. The van der Waals surface area contributed by atoms with Gasteiger partial charge in [0.1, 0.15) is 4.70 Å². The van der Waals surface area contributed by atoms with E-state index < -0.39 is 11.8 Å². The van der Waals surface area contributed by atoms with Crippen LogP contribution in [0.1, 0.15) is 45.8 Å². The number of thiazole rings is 2. The lowest BCUT2D eigenvalue weighted by molar-refractivity contribution is 0.0690. The lowest BCUT2D eigenvalue weighted by atomic mass is 10.2. The maximum absolute atomic E-state index is 14.6. The van der Waals surface area contributed by atoms with Crippen LogP contribution < -0.4 is 15.0 Å². The molecule has 0 spiro atoms. The standard InChI is InChI=1S/C34H34FN7O4S2/c1-22-20-29(39-40-31(22)38-33-36-25-11-4-5-12-27(25)47-33)42(17-6-7-18-43)34-37-30(32(44)45)28(48-34)13-9-19-46-26-15-14-23(21-24(26)35)10-8-16-41(2)3/h4,11,14-15,20-21,43H,6-7,9,13,16-19H2,1-3H3,(H,44,45)(H,36,38,40). The number of halogens is 1. The molecule has 14 heteroatoms. The van der Waals surface area contributed by atoms with Gasteiger partial charge in [-0.3, -0.25) is 4.90 Å². The van der Waals surface area contributed by atoms with Crippen molar-refractivity contribution in [2.75, 3.05) is 50.6 Å². The summed E-state index contributed by atoms with van der Waals surface area (Å²) in [6, 6.07) is 16.0. The first-order valence-corrected chi connectivity index (χ1v) is 16.8. The van der Waals surface area contributed by atoms with Crippen LogP contribution in [-0.2, 0) is 6.42 Å². The number of aromatic carboxylic acids is 1. The molecule has 0 aliphatic carbocycles. The summed E-state index contributed by atoms with van der Waals surface area (Å²) in [6.07, 6.45) is 1.98. The highest BCUT2D eigenvalue weighted by atomic mass is 32.1. The lowest BCUT2D eigenvalue weighted by Gasteiger charge is -2.21. The minimum Gasteiger partial charge on any atom is -0.491 e. The van der Waals surface area contributed by atoms with E-state index in [9.17, 15) is 19.4 Å². The Hall–Kier alpha value is -4.86. The third-order valence-electron chi connectivity index (χ3n) is 6.91. The fourth-order valence-electron chi connectivity index (χ4n) is 4.53. The maximum Gasteiger partial charge on any atom is 0.355 e. The van der Waals surface area contributed by atoms with Crippen LogP contribution in [-0.4, -0.2) is 81.6 Å². The Morgan fingerprint density at radius 2 is 1.98 bits per heavy atom. The van der Waals surface area contributed by atoms with E-state index in [1.165, 1.54) is 28.7 Å². The number of carboxylic acid groups (broad SMARTS) is 1. The summed E-state index contributed by atoms with van der Waals surface area (Å²) in [6.45, 7) is 3.10. The Morgan fingerprint density at radius 3 is 2.71 bits per heavy atom. The molecule has 0 saturated heterocycles. The molecule has 0 amide bonds. The van der Waals surface area contributed by atoms with Crippen molar-refractivity contribution in [1.82, 2.24) is 25.1 Å². The summed E-state index contributed by atoms with van der Waals surface area (Å²) in [5.74, 6) is 5.39. The number of fused-ring (bicyclic) bond motifs is 1. The SMILES string of the molecule is Cc1cc(N(CCCCO)c2nc(C(=O)O)c(CCCOc3ccc(C#CCN(C)C)cc3F)s2)nnc1Nc1nc2ccc#cc2s1. The van der Waals surface area contributed by atoms with Crippen molar-refractivity contribution in [1.29, 1.82) is 0 Å². The first-order valence-electron chi connectivity index (χ1n) is 15.2. The van der Waals surface area contributed by atoms with Crippen molar-refractivity contribution in [3.05, 3.63) is 76.0 Å². The van der Waals surface area contributed by atoms with Crippen LogP contribution in [0.4, 0.5) is 26.3 Å². The summed E-state index contributed by atoms with van der Waals surface area (Å²) in [4.78, 5) is 25.5. The van der Waals surface area contributed by atoms with E-state index >= 15 is 0 Å². The second-order valence-electron chi connectivity index (χ2n) is 11.0. The van der Waals surface area contributed by atoms with E-state index in [0.717, 1.165) is 15.8 Å². The van der Waals surface area contributed by atoms with E-state index in [4.69, 9.17) is 4.74 Å². The summed E-state index contributed by atoms with van der Waals surface area (Å²) in [5, 5.41) is 32.5. The van der Waals surface area contributed by atoms with Crippen molar-refractivity contribution >= 4 is 60.8 Å². The Bertz CT molecular complexity index is 1900. The van der Waals surface area contributed by atoms with Gasteiger partial charge in [0.15, 0.2) is 39.2 Å². The van der Waals surface area contributed by atoms with E-state index in [2.05, 4.69) is 49.5 Å². The summed E-state index contributed by atoms with van der Waals surface area (Å²) < 4.78 is 21.2. The zero-order valence-electron chi connectivity index (χ0n) is 26.7. The molecule has 0 saturated carbocycles. The fourth-order valence-corrected chi connectivity index (χ4v) is 6.48. The molecule has 0 aliphatic heterocycles. The molecular weight excluding hydrogens is 654 g/mol. The van der Waals surface area contributed by atoms with Crippen molar-refractivity contribution in [2.45, 2.75) is 32.6 Å². The second-order valence-corrected chi connectivity index (χ2v) is 13.0. The Morgan fingerprint density at radius 1 is 1.12 bits per heavy atom. The molecule has 5 rings (SSSR count). The quantitative estimate of drug-likeness (QED) is 0.0901. The number of nitrogens with one attached hydrogen (secondary N) is 1. The Labute approximate surface area is 286 Å². The predicted octanol–water partition coefficient (Wildman–Crippen LogP) is 5.87. The first-order chi connectivity index (χ1) is 23.2. The molecule has 3 N–H and O–H groups in total. The summed E-state index contributed by atoms with van der Waals surface area (Å²) in [5.41, 5.74) is 2.11. The molecule has 48 heavy (non-hydrogen) atoms. The number of carboxylic acids is 1. The predicted molar refractivity (Wildman–Crippen MR) is 185 cm³/mol. The smallest absolute Gasteiger partial charge is 0.355 e. The van der Waals surface area contributed by atoms with E-state index in [-0.39, 0.29) is 24.7 Å². The number of hydrogen-bond donors (Lipinski definition) is 3. The van der Waals surface area contributed by atoms with Crippen molar-refractivity contribution in [3.8, 4) is 17.6 Å². The Balaban J connectivity index is 1.28. The number of aliphatic hydroxyl groups is 1. The third kappa shape index (κ3) is 8.93. The fraction of sp³-hybridized carbons (Fsp3) is 0.324. The molecule has 0 fully saturated rings. The molecule has 0 aliphatic rings. The number of aryl methyl sites for hydroxylation is 2. The van der Waals surface area contributed by atoms with Crippen LogP contribution in [0.25, 0.3) is 10.2 Å². The molecule has 248 valence electrons. The van der Waals surface area contributed by atoms with Crippen molar-refractivity contribution in [3.63, 3.8) is 0 Å². The molecule has 0 atom stereocenters. The number of benzene rings is 1. The number of nitrogens with zero attached hydrogens (tertiary/aromatic N) is 6. The number of carbonyl (C=O) groups is 1. The normalized spacial score (nSPS) is 10.9. The highest BCUT2D eigenvalue weighted by Crippen LogP contribution is 2.34. The number of rotatable bonds is 15. The van der Waals surface area contributed by atoms with Gasteiger partial charge in [0, 0.05) is 23.6 Å². The third-order valence-corrected chi connectivity index (χ3v) is 8.95. The molecule has 0 bridgehead atoms. The van der Waals surface area contributed by atoms with Crippen LogP contribution in [0.15, 0.2) is 36.4 Å². The highest BCUT2D eigenvalue weighted by molar-refractivity contribution is 7.22. The van der Waals surface area contributed by atoms with Crippen LogP contribution in [0, 0.1) is 36.7 Å². The van der Waals surface area contributed by atoms with E-state index in [0.29, 0.717) is 71.1 Å². The second kappa shape index (κ2) is 16.3. The molecule has 3 heterocycles. The van der Waals surface area contributed by atoms with Gasteiger partial charge in [0.2, 0.25) is 0 Å². The van der Waals surface area contributed by atoms with Gasteiger partial charge in [-0.05, 0) is 94.7 Å². The minimum atomic E-state index is -1.15. The molecule has 2 aromatic carbocycles. The molecule has 11 nitrogen and oxygen atoms in total. The maximum atomic E-state index is 14.6. The van der Waals surface area contributed by atoms with Gasteiger partial charge >= 0.3 is 5.97 Å². The molecule has 5 aromatic rings. The molecule has 0 unspecified atom stereocenters. The summed E-state index contributed by atoms with van der Waals surface area (Å²) in [7, 11) is 3.82. The number of aliphatic hydroxyl groups excluding tert-OH is 1. The monoisotopic (exact) mass is 687 g/mol. The number of aromatic nitrogens is 4. The largest absolute Gasteiger partial charge is 0.491 e. The minimum absolute atomic E-state index is 0.0232. The average molecular weight is 688 g/mol. The molecule has 0 radical (unpaired) electrons. The molecular formula is C34H34FN7O4S2. The highest BCUT2D eigenvalue weighted by Gasteiger charge is 2.23. The summed E-state index contributed by atoms with van der Waals surface area (Å²) >= 11 is 2.68. The van der Waals surface area contributed by atoms with Crippen LogP contribution >= 0.6 is 22.7 Å². The van der Waals surface area contributed by atoms with Gasteiger partial charge in [-0.15, -0.1) is 21.5 Å². The van der Waals surface area contributed by atoms with Crippen LogP contribution in [0.2, 0.25) is 0 Å². The van der Waals surface area contributed by atoms with Gasteiger partial charge < -0.3 is 25.2 Å². The van der Waals surface area contributed by atoms with Gasteiger partial charge in [0.05, 0.1) is 18.7 Å². The van der Waals surface area contributed by atoms with Gasteiger partial charge in [-0.2, -0.15) is 0 Å². The Kier molecular flexibility index (Phi) is 11.7.